The number of anilines is 1. The number of fused-ring (bicyclic) bond motifs is 1. The third kappa shape index (κ3) is 6.63. The number of carbonyl (C=O) groups is 3. The maximum Gasteiger partial charge on any atom is 0.338 e. The van der Waals surface area contributed by atoms with Crippen LogP contribution in [0.15, 0.2) is 42.5 Å². The molecule has 2 atom stereocenters. The highest BCUT2D eigenvalue weighted by molar-refractivity contribution is 6.00. The van der Waals surface area contributed by atoms with Crippen LogP contribution in [-0.4, -0.2) is 68.7 Å². The molecule has 8 nitrogen and oxygen atoms in total. The number of rotatable bonds is 7. The van der Waals surface area contributed by atoms with Gasteiger partial charge in [-0.05, 0) is 82.7 Å². The predicted octanol–water partition coefficient (Wildman–Crippen LogP) is 3.82. The van der Waals surface area contributed by atoms with Crippen molar-refractivity contribution in [3.63, 3.8) is 0 Å². The lowest BCUT2D eigenvalue weighted by Crippen LogP contribution is -2.45. The molecule has 2 aromatic carbocycles. The Morgan fingerprint density at radius 2 is 1.75 bits per heavy atom. The molecule has 2 aromatic rings. The average Bonchev–Trinajstić information content (AvgIpc) is 2.90. The minimum absolute atomic E-state index is 0.295. The highest BCUT2D eigenvalue weighted by Crippen LogP contribution is 2.37. The van der Waals surface area contributed by atoms with Gasteiger partial charge in [0.2, 0.25) is 0 Å². The van der Waals surface area contributed by atoms with E-state index in [0.717, 1.165) is 11.1 Å². The van der Waals surface area contributed by atoms with Crippen LogP contribution >= 0.6 is 0 Å². The van der Waals surface area contributed by atoms with E-state index < -0.39 is 29.6 Å². The molecule has 0 radical (unpaired) electrons. The molecular weight excluding hydrogens is 460 g/mol. The van der Waals surface area contributed by atoms with Crippen LogP contribution in [-0.2, 0) is 25.5 Å². The smallest absolute Gasteiger partial charge is 0.338 e. The number of hydrogen-bond acceptors (Lipinski definition) is 7. The summed E-state index contributed by atoms with van der Waals surface area (Å²) in [6.07, 6.45) is -0.629. The van der Waals surface area contributed by atoms with Gasteiger partial charge < -0.3 is 24.0 Å². The first-order valence-corrected chi connectivity index (χ1v) is 12.0. The SMILES string of the molecule is COc1ccc([C@@H]2Cc3cc(C(=O)OC(C)(C)C)ccc3N(CCN(C)C)C(=O)[C@@H]2OC(C)=O)cc1. The molecule has 1 heterocycles. The Hall–Kier alpha value is -3.39. The van der Waals surface area contributed by atoms with E-state index in [9.17, 15) is 14.4 Å². The zero-order chi connectivity index (χ0) is 26.6. The highest BCUT2D eigenvalue weighted by Gasteiger charge is 2.40. The van der Waals surface area contributed by atoms with Crippen molar-refractivity contribution in [3.05, 3.63) is 59.2 Å². The fraction of sp³-hybridized carbons (Fsp3) is 0.464. The van der Waals surface area contributed by atoms with Gasteiger partial charge in [-0.25, -0.2) is 4.79 Å². The maximum absolute atomic E-state index is 13.9. The highest BCUT2D eigenvalue weighted by atomic mass is 16.6. The number of amides is 1. The number of ether oxygens (including phenoxy) is 3. The molecule has 194 valence electrons. The second-order valence-electron chi connectivity index (χ2n) is 10.3. The van der Waals surface area contributed by atoms with Crippen molar-refractivity contribution in [2.45, 2.75) is 51.7 Å². The van der Waals surface area contributed by atoms with E-state index in [-0.39, 0.29) is 5.91 Å². The molecule has 0 spiro atoms. The zero-order valence-corrected chi connectivity index (χ0v) is 22.2. The first kappa shape index (κ1) is 27.2. The molecular formula is C28H36N2O6. The van der Waals surface area contributed by atoms with Crippen molar-refractivity contribution < 1.29 is 28.6 Å². The van der Waals surface area contributed by atoms with Crippen molar-refractivity contribution in [2.75, 3.05) is 39.2 Å². The largest absolute Gasteiger partial charge is 0.497 e. The van der Waals surface area contributed by atoms with E-state index in [1.807, 2.05) is 64.0 Å². The summed E-state index contributed by atoms with van der Waals surface area (Å²) in [5, 5.41) is 0. The standard InChI is InChI=1S/C28H36N2O6/c1-18(31)35-25-23(19-8-11-22(34-7)12-9-19)17-21-16-20(27(33)36-28(2,3)4)10-13-24(21)30(26(25)32)15-14-29(5)6/h8-13,16,23,25H,14-15,17H2,1-7H3/t23-,25+/m0/s1. The summed E-state index contributed by atoms with van der Waals surface area (Å²) in [4.78, 5) is 42.4. The Kier molecular flexibility index (Phi) is 8.40. The molecule has 0 fully saturated rings. The Morgan fingerprint density at radius 3 is 2.31 bits per heavy atom. The summed E-state index contributed by atoms with van der Waals surface area (Å²) in [6.45, 7) is 7.77. The van der Waals surface area contributed by atoms with E-state index >= 15 is 0 Å². The summed E-state index contributed by atoms with van der Waals surface area (Å²) in [5.74, 6) is -1.03. The molecule has 0 aliphatic carbocycles. The van der Waals surface area contributed by atoms with Gasteiger partial charge in [0.25, 0.3) is 5.91 Å². The van der Waals surface area contributed by atoms with Gasteiger partial charge in [0.15, 0.2) is 6.10 Å². The van der Waals surface area contributed by atoms with Gasteiger partial charge in [0.05, 0.1) is 12.7 Å². The topological polar surface area (TPSA) is 85.4 Å². The summed E-state index contributed by atoms with van der Waals surface area (Å²) >= 11 is 0. The van der Waals surface area contributed by atoms with E-state index in [1.54, 1.807) is 30.2 Å². The van der Waals surface area contributed by atoms with Gasteiger partial charge in [-0.3, -0.25) is 9.59 Å². The van der Waals surface area contributed by atoms with Crippen LogP contribution in [0.3, 0.4) is 0 Å². The molecule has 36 heavy (non-hydrogen) atoms. The van der Waals surface area contributed by atoms with Crippen LogP contribution in [0, 0.1) is 0 Å². The number of methoxy groups -OCH3 is 1. The molecule has 1 aliphatic rings. The van der Waals surface area contributed by atoms with Gasteiger partial charge in [-0.1, -0.05) is 12.1 Å². The molecule has 0 aromatic heterocycles. The fourth-order valence-corrected chi connectivity index (χ4v) is 4.25. The number of hydrogen-bond donors (Lipinski definition) is 0. The number of nitrogens with zero attached hydrogens (tertiary/aromatic N) is 2. The van der Waals surface area contributed by atoms with E-state index in [0.29, 0.717) is 36.5 Å². The number of benzene rings is 2. The molecule has 3 rings (SSSR count). The summed E-state index contributed by atoms with van der Waals surface area (Å²) in [7, 11) is 5.44. The van der Waals surface area contributed by atoms with Crippen LogP contribution in [0.5, 0.6) is 5.75 Å². The van der Waals surface area contributed by atoms with Gasteiger partial charge in [-0.2, -0.15) is 0 Å². The summed E-state index contributed by atoms with van der Waals surface area (Å²) in [6, 6.07) is 12.6. The van der Waals surface area contributed by atoms with Crippen molar-refractivity contribution in [3.8, 4) is 5.75 Å². The number of esters is 2. The minimum atomic E-state index is -1.02. The zero-order valence-electron chi connectivity index (χ0n) is 22.2. The lowest BCUT2D eigenvalue weighted by atomic mass is 9.87. The molecule has 0 saturated carbocycles. The van der Waals surface area contributed by atoms with Gasteiger partial charge in [0, 0.05) is 31.6 Å². The van der Waals surface area contributed by atoms with Crippen LogP contribution in [0.4, 0.5) is 5.69 Å². The molecule has 0 saturated heterocycles. The Labute approximate surface area is 213 Å². The van der Waals surface area contributed by atoms with E-state index in [2.05, 4.69) is 0 Å². The maximum atomic E-state index is 13.9. The normalized spacial score (nSPS) is 17.9. The van der Waals surface area contributed by atoms with Gasteiger partial charge >= 0.3 is 11.9 Å². The first-order chi connectivity index (χ1) is 16.9. The first-order valence-electron chi connectivity index (χ1n) is 12.0. The molecule has 0 bridgehead atoms. The minimum Gasteiger partial charge on any atom is -0.497 e. The molecule has 1 aliphatic heterocycles. The number of carbonyl (C=O) groups excluding carboxylic acids is 3. The van der Waals surface area contributed by atoms with E-state index in [1.165, 1.54) is 6.92 Å². The quantitative estimate of drug-likeness (QED) is 0.539. The van der Waals surface area contributed by atoms with Crippen LogP contribution in [0.25, 0.3) is 0 Å². The van der Waals surface area contributed by atoms with Crippen LogP contribution < -0.4 is 9.64 Å². The van der Waals surface area contributed by atoms with Crippen molar-refractivity contribution in [1.29, 1.82) is 0 Å². The Balaban J connectivity index is 2.13. The molecule has 0 unspecified atom stereocenters. The molecule has 0 N–H and O–H groups in total. The monoisotopic (exact) mass is 496 g/mol. The third-order valence-corrected chi connectivity index (χ3v) is 5.93. The predicted molar refractivity (Wildman–Crippen MR) is 138 cm³/mol. The molecule has 1 amide bonds. The molecule has 8 heteroatoms. The lowest BCUT2D eigenvalue weighted by molar-refractivity contribution is -0.154. The van der Waals surface area contributed by atoms with Crippen molar-refractivity contribution >= 4 is 23.5 Å². The van der Waals surface area contributed by atoms with Crippen LogP contribution in [0.1, 0.15) is 55.1 Å². The Bertz CT molecular complexity index is 1100. The summed E-state index contributed by atoms with van der Waals surface area (Å²) < 4.78 is 16.5. The van der Waals surface area contributed by atoms with Crippen molar-refractivity contribution in [1.82, 2.24) is 4.90 Å². The average molecular weight is 497 g/mol. The second-order valence-corrected chi connectivity index (χ2v) is 10.3. The fourth-order valence-electron chi connectivity index (χ4n) is 4.25. The summed E-state index contributed by atoms with van der Waals surface area (Å²) in [5.41, 5.74) is 2.11. The van der Waals surface area contributed by atoms with Crippen LogP contribution in [0.2, 0.25) is 0 Å². The second kappa shape index (κ2) is 11.1. The van der Waals surface area contributed by atoms with Gasteiger partial charge in [-0.15, -0.1) is 0 Å². The van der Waals surface area contributed by atoms with Crippen molar-refractivity contribution in [2.24, 2.45) is 0 Å². The van der Waals surface area contributed by atoms with E-state index in [4.69, 9.17) is 14.2 Å². The number of likely N-dealkylation sites (N-methyl/N-ethyl adjacent to an activating group) is 1. The third-order valence-electron chi connectivity index (χ3n) is 5.93. The van der Waals surface area contributed by atoms with Gasteiger partial charge in [0.1, 0.15) is 11.4 Å². The lowest BCUT2D eigenvalue weighted by Gasteiger charge is -2.29. The Morgan fingerprint density at radius 1 is 1.08 bits per heavy atom.